The molecule has 2 rings (SSSR count). The van der Waals surface area contributed by atoms with Crippen LogP contribution >= 0.6 is 0 Å². The molecular formula is C14H16N2O. The van der Waals surface area contributed by atoms with E-state index in [1.54, 1.807) is 13.8 Å². The fourth-order valence-corrected chi connectivity index (χ4v) is 1.91. The van der Waals surface area contributed by atoms with Gasteiger partial charge in [0, 0.05) is 23.6 Å². The maximum absolute atomic E-state index is 9.72. The van der Waals surface area contributed by atoms with E-state index in [2.05, 4.69) is 10.6 Å². The van der Waals surface area contributed by atoms with Gasteiger partial charge in [0.25, 0.3) is 0 Å². The van der Waals surface area contributed by atoms with E-state index in [0.717, 1.165) is 17.4 Å². The summed E-state index contributed by atoms with van der Waals surface area (Å²) in [5, 5.41) is 19.7. The van der Waals surface area contributed by atoms with Crippen molar-refractivity contribution in [2.45, 2.75) is 32.4 Å². The predicted molar refractivity (Wildman–Crippen MR) is 67.6 cm³/mol. The summed E-state index contributed by atoms with van der Waals surface area (Å²) < 4.78 is 2.08. The van der Waals surface area contributed by atoms with E-state index in [0.29, 0.717) is 12.0 Å². The third-order valence-electron chi connectivity index (χ3n) is 2.90. The Kier molecular flexibility index (Phi) is 2.91. The van der Waals surface area contributed by atoms with Crippen LogP contribution in [0, 0.1) is 11.3 Å². The maximum atomic E-state index is 9.72. The van der Waals surface area contributed by atoms with Crippen LogP contribution in [0.15, 0.2) is 30.5 Å². The van der Waals surface area contributed by atoms with E-state index in [1.165, 1.54) is 0 Å². The molecule has 1 aromatic carbocycles. The summed E-state index contributed by atoms with van der Waals surface area (Å²) in [6.07, 6.45) is 2.66. The SMILES string of the molecule is CC(C)(O)CCn1ccc2c(C#N)cccc21. The van der Waals surface area contributed by atoms with Crippen LogP contribution in [0.3, 0.4) is 0 Å². The van der Waals surface area contributed by atoms with Crippen molar-refractivity contribution in [3.05, 3.63) is 36.0 Å². The number of rotatable bonds is 3. The van der Waals surface area contributed by atoms with Crippen LogP contribution in [-0.4, -0.2) is 15.3 Å². The highest BCUT2D eigenvalue weighted by Crippen LogP contribution is 2.21. The zero-order valence-corrected chi connectivity index (χ0v) is 10.1. The second-order valence-corrected chi connectivity index (χ2v) is 4.92. The molecule has 0 saturated carbocycles. The number of hydrogen-bond acceptors (Lipinski definition) is 2. The van der Waals surface area contributed by atoms with E-state index >= 15 is 0 Å². The van der Waals surface area contributed by atoms with Crippen molar-refractivity contribution in [2.24, 2.45) is 0 Å². The summed E-state index contributed by atoms with van der Waals surface area (Å²) in [6, 6.07) is 9.86. The van der Waals surface area contributed by atoms with E-state index in [9.17, 15) is 5.11 Å². The minimum Gasteiger partial charge on any atom is -0.390 e. The Morgan fingerprint density at radius 2 is 2.12 bits per heavy atom. The number of aliphatic hydroxyl groups is 1. The van der Waals surface area contributed by atoms with Crippen LogP contribution in [-0.2, 0) is 6.54 Å². The minimum absolute atomic E-state index is 0.663. The molecule has 0 amide bonds. The Bertz CT molecular complexity index is 570. The fraction of sp³-hybridized carbons (Fsp3) is 0.357. The van der Waals surface area contributed by atoms with E-state index < -0.39 is 5.60 Å². The number of benzene rings is 1. The average molecular weight is 228 g/mol. The molecule has 3 nitrogen and oxygen atoms in total. The zero-order chi connectivity index (χ0) is 12.5. The molecule has 0 aliphatic carbocycles. The average Bonchev–Trinajstić information content (AvgIpc) is 2.68. The molecule has 17 heavy (non-hydrogen) atoms. The summed E-state index contributed by atoms with van der Waals surface area (Å²) in [6.45, 7) is 4.36. The molecule has 0 radical (unpaired) electrons. The number of fused-ring (bicyclic) bond motifs is 1. The number of nitriles is 1. The molecule has 0 saturated heterocycles. The van der Waals surface area contributed by atoms with Crippen molar-refractivity contribution >= 4 is 10.9 Å². The largest absolute Gasteiger partial charge is 0.390 e. The summed E-state index contributed by atoms with van der Waals surface area (Å²) in [5.41, 5.74) is 1.08. The van der Waals surface area contributed by atoms with Crippen LogP contribution in [0.25, 0.3) is 10.9 Å². The number of aryl methyl sites for hydroxylation is 1. The molecule has 0 aliphatic rings. The second-order valence-electron chi connectivity index (χ2n) is 4.92. The highest BCUT2D eigenvalue weighted by atomic mass is 16.3. The lowest BCUT2D eigenvalue weighted by molar-refractivity contribution is 0.0666. The van der Waals surface area contributed by atoms with Gasteiger partial charge in [-0.25, -0.2) is 0 Å². The van der Waals surface area contributed by atoms with Crippen molar-refractivity contribution in [3.63, 3.8) is 0 Å². The molecule has 3 heteroatoms. The lowest BCUT2D eigenvalue weighted by Crippen LogP contribution is -2.20. The van der Waals surface area contributed by atoms with Crippen molar-refractivity contribution in [3.8, 4) is 6.07 Å². The van der Waals surface area contributed by atoms with Gasteiger partial charge in [-0.05, 0) is 38.5 Å². The van der Waals surface area contributed by atoms with Gasteiger partial charge >= 0.3 is 0 Å². The highest BCUT2D eigenvalue weighted by molar-refractivity contribution is 5.85. The first kappa shape index (κ1) is 11.7. The summed E-state index contributed by atoms with van der Waals surface area (Å²) >= 11 is 0. The highest BCUT2D eigenvalue weighted by Gasteiger charge is 2.13. The molecule has 0 spiro atoms. The van der Waals surface area contributed by atoms with Crippen LogP contribution in [0.1, 0.15) is 25.8 Å². The molecule has 1 N–H and O–H groups in total. The van der Waals surface area contributed by atoms with Gasteiger partial charge in [0.1, 0.15) is 0 Å². The fourth-order valence-electron chi connectivity index (χ4n) is 1.91. The van der Waals surface area contributed by atoms with Gasteiger partial charge in [-0.15, -0.1) is 0 Å². The third-order valence-corrected chi connectivity index (χ3v) is 2.90. The van der Waals surface area contributed by atoms with Gasteiger partial charge in [-0.3, -0.25) is 0 Å². The minimum atomic E-state index is -0.663. The smallest absolute Gasteiger partial charge is 0.0998 e. The lowest BCUT2D eigenvalue weighted by atomic mass is 10.1. The standard InChI is InChI=1S/C14H16N2O/c1-14(2,17)7-9-16-8-6-12-11(10-15)4-3-5-13(12)16/h3-6,8,17H,7,9H2,1-2H3. The predicted octanol–water partition coefficient (Wildman–Crippen LogP) is 2.67. The summed E-state index contributed by atoms with van der Waals surface area (Å²) in [4.78, 5) is 0. The second kappa shape index (κ2) is 4.23. The first-order chi connectivity index (χ1) is 8.01. The molecule has 88 valence electrons. The van der Waals surface area contributed by atoms with Crippen molar-refractivity contribution in [1.29, 1.82) is 5.26 Å². The molecule has 1 heterocycles. The maximum Gasteiger partial charge on any atom is 0.0998 e. The molecule has 2 aromatic rings. The van der Waals surface area contributed by atoms with Crippen LogP contribution in [0.5, 0.6) is 0 Å². The first-order valence-corrected chi connectivity index (χ1v) is 5.71. The molecule has 0 bridgehead atoms. The van der Waals surface area contributed by atoms with Crippen LogP contribution < -0.4 is 0 Å². The van der Waals surface area contributed by atoms with Crippen molar-refractivity contribution < 1.29 is 5.11 Å². The molecule has 0 unspecified atom stereocenters. The Hall–Kier alpha value is -1.79. The number of nitrogens with zero attached hydrogens (tertiary/aromatic N) is 2. The molecular weight excluding hydrogens is 212 g/mol. The number of aromatic nitrogens is 1. The number of hydrogen-bond donors (Lipinski definition) is 1. The first-order valence-electron chi connectivity index (χ1n) is 5.71. The van der Waals surface area contributed by atoms with Gasteiger partial charge < -0.3 is 9.67 Å². The Morgan fingerprint density at radius 1 is 1.35 bits per heavy atom. The van der Waals surface area contributed by atoms with Gasteiger partial charge in [-0.1, -0.05) is 6.07 Å². The van der Waals surface area contributed by atoms with E-state index in [-0.39, 0.29) is 0 Å². The summed E-state index contributed by atoms with van der Waals surface area (Å²) in [5.74, 6) is 0. The molecule has 1 aromatic heterocycles. The van der Waals surface area contributed by atoms with Crippen LogP contribution in [0.4, 0.5) is 0 Å². The Labute approximate surface area is 101 Å². The van der Waals surface area contributed by atoms with Crippen molar-refractivity contribution in [1.82, 2.24) is 4.57 Å². The third kappa shape index (κ3) is 2.48. The van der Waals surface area contributed by atoms with Gasteiger partial charge in [0.05, 0.1) is 17.2 Å². The monoisotopic (exact) mass is 228 g/mol. The quantitative estimate of drug-likeness (QED) is 0.878. The van der Waals surface area contributed by atoms with Crippen molar-refractivity contribution in [2.75, 3.05) is 0 Å². The lowest BCUT2D eigenvalue weighted by Gasteiger charge is -2.17. The zero-order valence-electron chi connectivity index (χ0n) is 10.1. The normalized spacial score (nSPS) is 11.6. The Balaban J connectivity index is 2.35. The topological polar surface area (TPSA) is 49.0 Å². The van der Waals surface area contributed by atoms with Gasteiger partial charge in [0.15, 0.2) is 0 Å². The molecule has 0 aliphatic heterocycles. The summed E-state index contributed by atoms with van der Waals surface area (Å²) in [7, 11) is 0. The van der Waals surface area contributed by atoms with Crippen LogP contribution in [0.2, 0.25) is 0 Å². The molecule has 0 atom stereocenters. The Morgan fingerprint density at radius 3 is 2.76 bits per heavy atom. The molecule has 0 fully saturated rings. The van der Waals surface area contributed by atoms with E-state index in [4.69, 9.17) is 5.26 Å². The van der Waals surface area contributed by atoms with Gasteiger partial charge in [-0.2, -0.15) is 5.26 Å². The van der Waals surface area contributed by atoms with E-state index in [1.807, 2.05) is 30.5 Å². The van der Waals surface area contributed by atoms with Gasteiger partial charge in [0.2, 0.25) is 0 Å².